The van der Waals surface area contributed by atoms with E-state index in [1.807, 2.05) is 6.92 Å². The van der Waals surface area contributed by atoms with E-state index in [1.165, 1.54) is 0 Å². The molecular weight excluding hydrogens is 214 g/mol. The van der Waals surface area contributed by atoms with E-state index < -0.39 is 0 Å². The Morgan fingerprint density at radius 3 is 3.00 bits per heavy atom. The molecule has 80 valence electrons. The standard InChI is InChI=1S/C11H12ClNO2/c1-7-6-15-10-4-3-8(12)5-9(10)13(2)11(7)14/h3-5,7H,6H2,1-2H3. The molecule has 0 N–H and O–H groups in total. The molecule has 2 rings (SSSR count). The Kier molecular flexibility index (Phi) is 2.57. The lowest BCUT2D eigenvalue weighted by Gasteiger charge is -2.17. The van der Waals surface area contributed by atoms with E-state index in [0.29, 0.717) is 17.4 Å². The molecule has 1 aromatic carbocycles. The van der Waals surface area contributed by atoms with Gasteiger partial charge in [0.05, 0.1) is 18.2 Å². The molecule has 1 aliphatic rings. The van der Waals surface area contributed by atoms with E-state index in [-0.39, 0.29) is 11.8 Å². The van der Waals surface area contributed by atoms with Crippen LogP contribution in [-0.2, 0) is 4.79 Å². The second-order valence-electron chi connectivity index (χ2n) is 3.72. The quantitative estimate of drug-likeness (QED) is 0.678. The number of amides is 1. The summed E-state index contributed by atoms with van der Waals surface area (Å²) in [5.41, 5.74) is 0.733. The molecule has 15 heavy (non-hydrogen) atoms. The van der Waals surface area contributed by atoms with E-state index in [2.05, 4.69) is 0 Å². The van der Waals surface area contributed by atoms with Gasteiger partial charge in [-0.1, -0.05) is 18.5 Å². The molecule has 1 aromatic rings. The molecule has 0 radical (unpaired) electrons. The van der Waals surface area contributed by atoms with Gasteiger partial charge in [-0.3, -0.25) is 4.79 Å². The van der Waals surface area contributed by atoms with Crippen LogP contribution in [-0.4, -0.2) is 19.6 Å². The summed E-state index contributed by atoms with van der Waals surface area (Å²) in [4.78, 5) is 13.4. The lowest BCUT2D eigenvalue weighted by molar-refractivity contribution is -0.122. The van der Waals surface area contributed by atoms with Gasteiger partial charge in [-0.25, -0.2) is 0 Å². The Labute approximate surface area is 93.6 Å². The number of carbonyl (C=O) groups excluding carboxylic acids is 1. The van der Waals surface area contributed by atoms with Crippen molar-refractivity contribution in [2.45, 2.75) is 6.92 Å². The summed E-state index contributed by atoms with van der Waals surface area (Å²) in [6.07, 6.45) is 0. The minimum atomic E-state index is -0.124. The number of benzene rings is 1. The zero-order chi connectivity index (χ0) is 11.0. The fraction of sp³-hybridized carbons (Fsp3) is 0.364. The average Bonchev–Trinajstić information content (AvgIpc) is 2.32. The number of hydrogen-bond donors (Lipinski definition) is 0. The van der Waals surface area contributed by atoms with Gasteiger partial charge >= 0.3 is 0 Å². The second-order valence-corrected chi connectivity index (χ2v) is 4.16. The maximum absolute atomic E-state index is 11.8. The SMILES string of the molecule is CC1COc2ccc(Cl)cc2N(C)C1=O. The van der Waals surface area contributed by atoms with E-state index in [1.54, 1.807) is 30.1 Å². The first-order valence-electron chi connectivity index (χ1n) is 4.79. The van der Waals surface area contributed by atoms with Gasteiger partial charge in [0.15, 0.2) is 0 Å². The highest BCUT2D eigenvalue weighted by Gasteiger charge is 2.25. The van der Waals surface area contributed by atoms with Crippen LogP contribution in [0.25, 0.3) is 0 Å². The van der Waals surface area contributed by atoms with Gasteiger partial charge in [-0.15, -0.1) is 0 Å². The van der Waals surface area contributed by atoms with Crippen LogP contribution >= 0.6 is 11.6 Å². The highest BCUT2D eigenvalue weighted by atomic mass is 35.5. The van der Waals surface area contributed by atoms with Crippen LogP contribution < -0.4 is 9.64 Å². The van der Waals surface area contributed by atoms with Crippen LogP contribution in [0.5, 0.6) is 5.75 Å². The molecule has 0 saturated carbocycles. The molecule has 1 aliphatic heterocycles. The van der Waals surface area contributed by atoms with E-state index in [4.69, 9.17) is 16.3 Å². The van der Waals surface area contributed by atoms with Crippen molar-refractivity contribution in [2.75, 3.05) is 18.6 Å². The predicted molar refractivity (Wildman–Crippen MR) is 59.5 cm³/mol. The highest BCUT2D eigenvalue weighted by molar-refractivity contribution is 6.31. The molecule has 0 aliphatic carbocycles. The molecule has 1 atom stereocenters. The van der Waals surface area contributed by atoms with E-state index in [0.717, 1.165) is 5.69 Å². The van der Waals surface area contributed by atoms with E-state index >= 15 is 0 Å². The molecule has 1 heterocycles. The molecule has 1 unspecified atom stereocenters. The van der Waals surface area contributed by atoms with Crippen LogP contribution in [0, 0.1) is 5.92 Å². The van der Waals surface area contributed by atoms with Gasteiger partial charge in [0.1, 0.15) is 5.75 Å². The first kappa shape index (κ1) is 10.3. The Morgan fingerprint density at radius 1 is 1.53 bits per heavy atom. The molecule has 3 nitrogen and oxygen atoms in total. The normalized spacial score (nSPS) is 20.6. The second kappa shape index (κ2) is 3.74. The van der Waals surface area contributed by atoms with Crippen molar-refractivity contribution in [3.8, 4) is 5.75 Å². The number of halogens is 1. The first-order valence-corrected chi connectivity index (χ1v) is 5.17. The van der Waals surface area contributed by atoms with Gasteiger partial charge in [0, 0.05) is 12.1 Å². The van der Waals surface area contributed by atoms with Crippen molar-refractivity contribution >= 4 is 23.2 Å². The number of carbonyl (C=O) groups is 1. The average molecular weight is 226 g/mol. The van der Waals surface area contributed by atoms with Crippen molar-refractivity contribution in [3.05, 3.63) is 23.2 Å². The third kappa shape index (κ3) is 1.79. The number of rotatable bonds is 0. The van der Waals surface area contributed by atoms with Crippen molar-refractivity contribution < 1.29 is 9.53 Å². The number of nitrogens with zero attached hydrogens (tertiary/aromatic N) is 1. The van der Waals surface area contributed by atoms with E-state index in [9.17, 15) is 4.79 Å². The minimum absolute atomic E-state index is 0.0519. The zero-order valence-corrected chi connectivity index (χ0v) is 9.41. The summed E-state index contributed by atoms with van der Waals surface area (Å²) >= 11 is 5.89. The number of ether oxygens (including phenoxy) is 1. The Balaban J connectivity index is 2.48. The van der Waals surface area contributed by atoms with Crippen LogP contribution in [0.1, 0.15) is 6.92 Å². The summed E-state index contributed by atoms with van der Waals surface area (Å²) in [6, 6.07) is 5.29. The van der Waals surface area contributed by atoms with Gasteiger partial charge in [0.2, 0.25) is 5.91 Å². The van der Waals surface area contributed by atoms with Crippen LogP contribution in [0.2, 0.25) is 5.02 Å². The molecule has 0 bridgehead atoms. The maximum Gasteiger partial charge on any atom is 0.233 e. The fourth-order valence-corrected chi connectivity index (χ4v) is 1.78. The zero-order valence-electron chi connectivity index (χ0n) is 8.66. The van der Waals surface area contributed by atoms with Crippen molar-refractivity contribution in [1.82, 2.24) is 0 Å². The smallest absolute Gasteiger partial charge is 0.233 e. The minimum Gasteiger partial charge on any atom is -0.491 e. The third-order valence-corrected chi connectivity index (χ3v) is 2.76. The summed E-state index contributed by atoms with van der Waals surface area (Å²) in [5, 5.41) is 0.603. The monoisotopic (exact) mass is 225 g/mol. The molecule has 4 heteroatoms. The lowest BCUT2D eigenvalue weighted by atomic mass is 10.2. The van der Waals surface area contributed by atoms with Crippen molar-refractivity contribution in [3.63, 3.8) is 0 Å². The Bertz CT molecular complexity index is 406. The molecule has 0 spiro atoms. The summed E-state index contributed by atoms with van der Waals surface area (Å²) in [5.74, 6) is 0.636. The summed E-state index contributed by atoms with van der Waals surface area (Å²) < 4.78 is 5.54. The maximum atomic E-state index is 11.8. The highest BCUT2D eigenvalue weighted by Crippen LogP contribution is 2.33. The van der Waals surface area contributed by atoms with Crippen molar-refractivity contribution in [2.24, 2.45) is 5.92 Å². The number of anilines is 1. The topological polar surface area (TPSA) is 29.5 Å². The predicted octanol–water partition coefficient (Wildman–Crippen LogP) is 2.33. The van der Waals surface area contributed by atoms with Gasteiger partial charge < -0.3 is 9.64 Å². The number of hydrogen-bond acceptors (Lipinski definition) is 2. The lowest BCUT2D eigenvalue weighted by Crippen LogP contribution is -2.31. The van der Waals surface area contributed by atoms with Crippen LogP contribution in [0.15, 0.2) is 18.2 Å². The summed E-state index contributed by atoms with van der Waals surface area (Å²) in [6.45, 7) is 2.27. The van der Waals surface area contributed by atoms with Crippen molar-refractivity contribution in [1.29, 1.82) is 0 Å². The van der Waals surface area contributed by atoms with Gasteiger partial charge in [-0.2, -0.15) is 0 Å². The van der Waals surface area contributed by atoms with Crippen LogP contribution in [0.4, 0.5) is 5.69 Å². The summed E-state index contributed by atoms with van der Waals surface area (Å²) in [7, 11) is 1.74. The molecule has 0 saturated heterocycles. The largest absolute Gasteiger partial charge is 0.491 e. The molecule has 1 amide bonds. The Hall–Kier alpha value is -1.22. The van der Waals surface area contributed by atoms with Gasteiger partial charge in [0.25, 0.3) is 0 Å². The van der Waals surface area contributed by atoms with Gasteiger partial charge in [-0.05, 0) is 18.2 Å². The molecule has 0 fully saturated rings. The first-order chi connectivity index (χ1) is 7.09. The Morgan fingerprint density at radius 2 is 2.27 bits per heavy atom. The molecule has 0 aromatic heterocycles. The van der Waals surface area contributed by atoms with Crippen LogP contribution in [0.3, 0.4) is 0 Å². The number of fused-ring (bicyclic) bond motifs is 1. The third-order valence-electron chi connectivity index (χ3n) is 2.52. The fourth-order valence-electron chi connectivity index (χ4n) is 1.61. The molecular formula is C11H12ClNO2.